The van der Waals surface area contributed by atoms with Crippen LogP contribution in [0.1, 0.15) is 72.1 Å². The van der Waals surface area contributed by atoms with Gasteiger partial charge in [0, 0.05) is 18.3 Å². The van der Waals surface area contributed by atoms with Gasteiger partial charge in [-0.05, 0) is 136 Å². The molecule has 7 saturated carbocycles. The number of carbonyl (C=O) groups excluding carboxylic acids is 2. The lowest BCUT2D eigenvalue weighted by molar-refractivity contribution is -0.166. The van der Waals surface area contributed by atoms with Gasteiger partial charge in [-0.15, -0.1) is 0 Å². The molecule has 8 fully saturated rings. The molecule has 17 unspecified atom stereocenters. The average Bonchev–Trinajstić information content (AvgIpc) is 3.73. The van der Waals surface area contributed by atoms with Crippen molar-refractivity contribution in [1.82, 2.24) is 0 Å². The summed E-state index contributed by atoms with van der Waals surface area (Å²) in [6.07, 6.45) is 12.3. The second-order valence-electron chi connectivity index (χ2n) is 16.3. The van der Waals surface area contributed by atoms with Crippen LogP contribution < -0.4 is 0 Å². The second kappa shape index (κ2) is 8.51. The molecule has 9 rings (SSSR count). The maximum atomic E-state index is 13.2. The van der Waals surface area contributed by atoms with E-state index in [1.165, 1.54) is 19.3 Å². The molecule has 9 aliphatic rings. The van der Waals surface area contributed by atoms with Crippen molar-refractivity contribution >= 4 is 12.1 Å². The largest absolute Gasteiger partial charge is 0.510 e. The lowest BCUT2D eigenvalue weighted by Crippen LogP contribution is -2.51. The molecule has 8 aliphatic carbocycles. The van der Waals surface area contributed by atoms with Gasteiger partial charge in [-0.2, -0.15) is 0 Å². The van der Waals surface area contributed by atoms with Gasteiger partial charge in [0.25, 0.3) is 0 Å². The van der Waals surface area contributed by atoms with Crippen molar-refractivity contribution in [1.29, 1.82) is 0 Å². The van der Waals surface area contributed by atoms with Crippen molar-refractivity contribution in [2.45, 2.75) is 90.1 Å². The van der Waals surface area contributed by atoms with Gasteiger partial charge in [0.05, 0.1) is 13.0 Å². The number of carbonyl (C=O) groups is 2. The van der Waals surface area contributed by atoms with E-state index in [2.05, 4.69) is 12.2 Å². The Morgan fingerprint density at radius 1 is 0.750 bits per heavy atom. The molecule has 0 aromatic carbocycles. The van der Waals surface area contributed by atoms with Crippen LogP contribution in [0.3, 0.4) is 0 Å². The fraction of sp³-hybridized carbons (Fsp3) is 0.882. The molecule has 0 aromatic heterocycles. The van der Waals surface area contributed by atoms with Crippen LogP contribution in [0.15, 0.2) is 12.2 Å². The number of hydrogen-bond donors (Lipinski definition) is 0. The van der Waals surface area contributed by atoms with Gasteiger partial charge in [-0.25, -0.2) is 4.79 Å². The maximum Gasteiger partial charge on any atom is 0.510 e. The van der Waals surface area contributed by atoms with Crippen molar-refractivity contribution < 1.29 is 28.5 Å². The van der Waals surface area contributed by atoms with E-state index in [0.717, 1.165) is 84.9 Å². The van der Waals surface area contributed by atoms with E-state index in [9.17, 15) is 9.59 Å². The van der Waals surface area contributed by atoms with Gasteiger partial charge in [0.2, 0.25) is 6.29 Å². The van der Waals surface area contributed by atoms with Gasteiger partial charge in [-0.3, -0.25) is 4.79 Å². The quantitative estimate of drug-likeness (QED) is 0.235. The van der Waals surface area contributed by atoms with Crippen LogP contribution in [0.2, 0.25) is 0 Å². The normalized spacial score (nSPS) is 55.4. The first kappa shape index (κ1) is 25.0. The Bertz CT molecular complexity index is 1120. The third-order valence-electron chi connectivity index (χ3n) is 13.9. The van der Waals surface area contributed by atoms with Crippen molar-refractivity contribution in [3.63, 3.8) is 0 Å². The zero-order valence-corrected chi connectivity index (χ0v) is 24.3. The van der Waals surface area contributed by atoms with Gasteiger partial charge in [0.15, 0.2) is 0 Å². The molecule has 0 spiro atoms. The number of fused-ring (bicyclic) bond motifs is 23. The van der Waals surface area contributed by atoms with E-state index in [1.54, 1.807) is 0 Å². The predicted molar refractivity (Wildman–Crippen MR) is 145 cm³/mol. The molecule has 8 bridgehead atoms. The SMILES string of the molecule is CC(C)(C)OC(=O)CC1C2CC(C1OC(=O)OC1CCCCO1)C1C3CC(C21)C1C2CC(C4C5C=CC(C5)C24)C31. The third kappa shape index (κ3) is 3.38. The predicted octanol–water partition coefficient (Wildman–Crippen LogP) is 6.24. The fourth-order valence-corrected chi connectivity index (χ4v) is 13.6. The number of ether oxygens (including phenoxy) is 4. The summed E-state index contributed by atoms with van der Waals surface area (Å²) in [7, 11) is 0. The Morgan fingerprint density at radius 2 is 1.35 bits per heavy atom. The Balaban J connectivity index is 0.983. The minimum absolute atomic E-state index is 0.0375. The van der Waals surface area contributed by atoms with Crippen LogP contribution in [0.4, 0.5) is 4.79 Å². The Labute approximate surface area is 238 Å². The lowest BCUT2D eigenvalue weighted by atomic mass is 9.54. The summed E-state index contributed by atoms with van der Waals surface area (Å²) < 4.78 is 23.3. The highest BCUT2D eigenvalue weighted by Gasteiger charge is 2.77. The molecule has 0 N–H and O–H groups in total. The molecular formula is C34H46O6. The van der Waals surface area contributed by atoms with Crippen molar-refractivity contribution in [3.8, 4) is 0 Å². The van der Waals surface area contributed by atoms with Gasteiger partial charge < -0.3 is 18.9 Å². The number of hydrogen-bond acceptors (Lipinski definition) is 6. The summed E-state index contributed by atoms with van der Waals surface area (Å²) >= 11 is 0. The van der Waals surface area contributed by atoms with Crippen LogP contribution in [0.25, 0.3) is 0 Å². The summed E-state index contributed by atoms with van der Waals surface area (Å²) in [5, 5.41) is 0. The topological polar surface area (TPSA) is 71.1 Å². The second-order valence-corrected chi connectivity index (χ2v) is 16.3. The summed E-state index contributed by atoms with van der Waals surface area (Å²) in [6.45, 7) is 6.42. The molecule has 1 heterocycles. The smallest absolute Gasteiger partial charge is 0.460 e. The van der Waals surface area contributed by atoms with E-state index in [1.807, 2.05) is 20.8 Å². The molecule has 1 aliphatic heterocycles. The first-order valence-electron chi connectivity index (χ1n) is 16.7. The van der Waals surface area contributed by atoms with Crippen molar-refractivity contribution in [2.75, 3.05) is 6.61 Å². The van der Waals surface area contributed by atoms with Crippen LogP contribution in [-0.4, -0.2) is 36.7 Å². The summed E-state index contributed by atoms with van der Waals surface area (Å²) in [5.41, 5.74) is -0.515. The third-order valence-corrected chi connectivity index (χ3v) is 13.9. The van der Waals surface area contributed by atoms with Crippen LogP contribution >= 0.6 is 0 Å². The lowest BCUT2D eigenvalue weighted by Gasteiger charge is -2.51. The first-order valence-corrected chi connectivity index (χ1v) is 16.7. The monoisotopic (exact) mass is 550 g/mol. The van der Waals surface area contributed by atoms with E-state index >= 15 is 0 Å². The fourth-order valence-electron chi connectivity index (χ4n) is 13.6. The van der Waals surface area contributed by atoms with E-state index in [-0.39, 0.29) is 18.0 Å². The molecule has 6 heteroatoms. The van der Waals surface area contributed by atoms with E-state index in [4.69, 9.17) is 18.9 Å². The van der Waals surface area contributed by atoms with Crippen LogP contribution in [-0.2, 0) is 23.7 Å². The van der Waals surface area contributed by atoms with Crippen LogP contribution in [0.5, 0.6) is 0 Å². The molecule has 0 radical (unpaired) electrons. The molecule has 0 aromatic rings. The van der Waals surface area contributed by atoms with Crippen molar-refractivity contribution in [3.05, 3.63) is 12.2 Å². The Morgan fingerprint density at radius 3 is 1.98 bits per heavy atom. The zero-order valence-electron chi connectivity index (χ0n) is 24.3. The van der Waals surface area contributed by atoms with Crippen molar-refractivity contribution in [2.24, 2.45) is 88.8 Å². The highest BCUT2D eigenvalue weighted by Crippen LogP contribution is 2.81. The summed E-state index contributed by atoms with van der Waals surface area (Å²) in [5.74, 6) is 11.0. The minimum atomic E-state index is -0.604. The standard InChI is InChI=1S/C34H46O6/c1-34(2,3)40-24(35)14-18-17-11-23(32(18)39-33(36)38-25-6-4-5-9-37-25)31-22-13-21(28(17)31)29-19-12-20(30(22)29)27-16-8-7-15(10-16)26(19)27/h7-8,15-23,25-32H,4-6,9-14H2,1-3H3. The zero-order chi connectivity index (χ0) is 27.1. The molecule has 218 valence electrons. The molecule has 17 atom stereocenters. The van der Waals surface area contributed by atoms with Gasteiger partial charge in [0.1, 0.15) is 11.7 Å². The molecule has 0 amide bonds. The van der Waals surface area contributed by atoms with Crippen LogP contribution in [0, 0.1) is 88.8 Å². The number of rotatable bonds is 4. The first-order chi connectivity index (χ1) is 19.3. The summed E-state index contributed by atoms with van der Waals surface area (Å²) in [6, 6.07) is 0. The molecule has 1 saturated heterocycles. The molecule has 6 nitrogen and oxygen atoms in total. The average molecular weight is 551 g/mol. The summed E-state index contributed by atoms with van der Waals surface area (Å²) in [4.78, 5) is 26.2. The highest BCUT2D eigenvalue weighted by molar-refractivity contribution is 5.70. The van der Waals surface area contributed by atoms with E-state index in [0.29, 0.717) is 36.7 Å². The van der Waals surface area contributed by atoms with Gasteiger partial charge >= 0.3 is 12.1 Å². The minimum Gasteiger partial charge on any atom is -0.460 e. The van der Waals surface area contributed by atoms with Gasteiger partial charge in [-0.1, -0.05) is 12.2 Å². The maximum absolute atomic E-state index is 13.2. The Hall–Kier alpha value is -1.56. The molecular weight excluding hydrogens is 504 g/mol. The van der Waals surface area contributed by atoms with E-state index < -0.39 is 18.0 Å². The molecule has 40 heavy (non-hydrogen) atoms. The number of allylic oxidation sites excluding steroid dienone is 2. The Kier molecular flexibility index (Phi) is 5.31. The highest BCUT2D eigenvalue weighted by atomic mass is 16.8. The number of esters is 1.